The molecule has 1 unspecified atom stereocenters. The van der Waals surface area contributed by atoms with Gasteiger partial charge in [0.05, 0.1) is 5.60 Å². The summed E-state index contributed by atoms with van der Waals surface area (Å²) in [7, 11) is 3.99. The molecule has 1 aromatic carbocycles. The molecule has 16 heavy (non-hydrogen) atoms. The van der Waals surface area contributed by atoms with Crippen LogP contribution in [0, 0.1) is 7.05 Å². The lowest BCUT2D eigenvalue weighted by atomic mass is 9.68. The SMILES string of the molecule is [CH2-]N1CCC(c2ccccc2)(C(C)(C)O)C1. The van der Waals surface area contributed by atoms with E-state index in [4.69, 9.17) is 0 Å². The van der Waals surface area contributed by atoms with Crippen molar-refractivity contribution >= 4 is 0 Å². The Labute approximate surface area is 97.9 Å². The normalized spacial score (nSPS) is 27.2. The molecule has 1 fully saturated rings. The lowest BCUT2D eigenvalue weighted by molar-refractivity contribution is -0.00191. The molecule has 0 radical (unpaired) electrons. The van der Waals surface area contributed by atoms with Crippen LogP contribution in [0.15, 0.2) is 30.3 Å². The molecule has 1 heterocycles. The Morgan fingerprint density at radius 1 is 1.31 bits per heavy atom. The Balaban J connectivity index is 2.45. The first kappa shape index (κ1) is 11.6. The molecule has 2 heteroatoms. The van der Waals surface area contributed by atoms with E-state index in [0.717, 1.165) is 19.5 Å². The summed E-state index contributed by atoms with van der Waals surface area (Å²) >= 11 is 0. The van der Waals surface area contributed by atoms with E-state index in [0.29, 0.717) is 0 Å². The molecular weight excluding hydrogens is 198 g/mol. The molecule has 0 spiro atoms. The van der Waals surface area contributed by atoms with Crippen LogP contribution in [0.3, 0.4) is 0 Å². The molecule has 1 atom stereocenters. The molecule has 0 bridgehead atoms. The van der Waals surface area contributed by atoms with Crippen LogP contribution in [0.5, 0.6) is 0 Å². The summed E-state index contributed by atoms with van der Waals surface area (Å²) < 4.78 is 0. The second-order valence-electron chi connectivity index (χ2n) is 5.31. The molecule has 2 nitrogen and oxygen atoms in total. The van der Waals surface area contributed by atoms with E-state index in [2.05, 4.69) is 19.2 Å². The maximum atomic E-state index is 10.5. The van der Waals surface area contributed by atoms with Crippen LogP contribution in [0.4, 0.5) is 0 Å². The van der Waals surface area contributed by atoms with Gasteiger partial charge < -0.3 is 10.0 Å². The summed E-state index contributed by atoms with van der Waals surface area (Å²) in [5, 5.41) is 10.5. The van der Waals surface area contributed by atoms with Crippen molar-refractivity contribution in [1.82, 2.24) is 4.90 Å². The largest absolute Gasteiger partial charge is 0.458 e. The van der Waals surface area contributed by atoms with Crippen LogP contribution < -0.4 is 0 Å². The lowest BCUT2D eigenvalue weighted by Crippen LogP contribution is -2.48. The Hall–Kier alpha value is -0.860. The highest BCUT2D eigenvalue weighted by Gasteiger charge is 2.47. The quantitative estimate of drug-likeness (QED) is 0.769. The second-order valence-corrected chi connectivity index (χ2v) is 5.31. The minimum absolute atomic E-state index is 0.185. The van der Waals surface area contributed by atoms with Crippen LogP contribution in [-0.2, 0) is 5.41 Å². The first-order valence-electron chi connectivity index (χ1n) is 5.79. The minimum atomic E-state index is -0.721. The van der Waals surface area contributed by atoms with Crippen molar-refractivity contribution in [3.05, 3.63) is 42.9 Å². The van der Waals surface area contributed by atoms with Crippen molar-refractivity contribution in [3.63, 3.8) is 0 Å². The Kier molecular flexibility index (Phi) is 2.81. The van der Waals surface area contributed by atoms with Gasteiger partial charge in [-0.25, -0.2) is 0 Å². The van der Waals surface area contributed by atoms with Crippen LogP contribution in [0.2, 0.25) is 0 Å². The maximum Gasteiger partial charge on any atom is 0.0699 e. The number of rotatable bonds is 2. The average molecular weight is 218 g/mol. The van der Waals surface area contributed by atoms with Gasteiger partial charge in [-0.2, -0.15) is 0 Å². The molecule has 2 rings (SSSR count). The molecule has 0 amide bonds. The van der Waals surface area contributed by atoms with Crippen molar-refractivity contribution in [2.24, 2.45) is 0 Å². The molecule has 1 aromatic rings. The summed E-state index contributed by atoms with van der Waals surface area (Å²) in [4.78, 5) is 2.05. The van der Waals surface area contributed by atoms with Gasteiger partial charge in [0.15, 0.2) is 0 Å². The fraction of sp³-hybridized carbons (Fsp3) is 0.500. The van der Waals surface area contributed by atoms with Gasteiger partial charge in [0.25, 0.3) is 0 Å². The molecule has 88 valence electrons. The van der Waals surface area contributed by atoms with E-state index in [9.17, 15) is 5.11 Å². The summed E-state index contributed by atoms with van der Waals surface area (Å²) in [6.07, 6.45) is 0.962. The van der Waals surface area contributed by atoms with E-state index in [1.54, 1.807) is 0 Å². The summed E-state index contributed by atoms with van der Waals surface area (Å²) in [5.74, 6) is 0. The van der Waals surface area contributed by atoms with Crippen LogP contribution in [-0.4, -0.2) is 28.7 Å². The van der Waals surface area contributed by atoms with E-state index >= 15 is 0 Å². The highest BCUT2D eigenvalue weighted by Crippen LogP contribution is 2.42. The highest BCUT2D eigenvalue weighted by molar-refractivity contribution is 5.31. The highest BCUT2D eigenvalue weighted by atomic mass is 16.3. The molecule has 0 saturated carbocycles. The van der Waals surface area contributed by atoms with Gasteiger partial charge in [-0.1, -0.05) is 30.3 Å². The number of hydrogen-bond donors (Lipinski definition) is 1. The first-order valence-corrected chi connectivity index (χ1v) is 5.79. The molecule has 0 aromatic heterocycles. The smallest absolute Gasteiger partial charge is 0.0699 e. The third-order valence-electron chi connectivity index (χ3n) is 3.85. The number of nitrogens with zero attached hydrogens (tertiary/aromatic N) is 1. The van der Waals surface area contributed by atoms with Gasteiger partial charge in [0, 0.05) is 5.41 Å². The van der Waals surface area contributed by atoms with Gasteiger partial charge >= 0.3 is 0 Å². The van der Waals surface area contributed by atoms with Gasteiger partial charge in [-0.15, -0.1) is 0 Å². The van der Waals surface area contributed by atoms with E-state index in [-0.39, 0.29) is 5.41 Å². The van der Waals surface area contributed by atoms with Gasteiger partial charge in [-0.05, 0) is 38.9 Å². The van der Waals surface area contributed by atoms with E-state index in [1.807, 2.05) is 36.9 Å². The van der Waals surface area contributed by atoms with Gasteiger partial charge in [-0.3, -0.25) is 7.05 Å². The number of benzene rings is 1. The van der Waals surface area contributed by atoms with Crippen LogP contribution in [0.1, 0.15) is 25.8 Å². The zero-order valence-corrected chi connectivity index (χ0v) is 10.1. The van der Waals surface area contributed by atoms with Gasteiger partial charge in [0.2, 0.25) is 0 Å². The molecular formula is C14H20NO-. The molecule has 1 saturated heterocycles. The summed E-state index contributed by atoms with van der Waals surface area (Å²) in [5.41, 5.74) is 0.310. The average Bonchev–Trinajstić information content (AvgIpc) is 2.62. The second kappa shape index (κ2) is 3.86. The van der Waals surface area contributed by atoms with Crippen molar-refractivity contribution in [3.8, 4) is 0 Å². The molecule has 0 aliphatic carbocycles. The van der Waals surface area contributed by atoms with Gasteiger partial charge in [0.1, 0.15) is 0 Å². The summed E-state index contributed by atoms with van der Waals surface area (Å²) in [6.45, 7) is 5.57. The van der Waals surface area contributed by atoms with Crippen LogP contribution in [0.25, 0.3) is 0 Å². The molecule has 1 N–H and O–H groups in total. The number of likely N-dealkylation sites (tertiary alicyclic amines) is 1. The predicted molar refractivity (Wildman–Crippen MR) is 66.0 cm³/mol. The fourth-order valence-electron chi connectivity index (χ4n) is 2.73. The minimum Gasteiger partial charge on any atom is -0.458 e. The van der Waals surface area contributed by atoms with E-state index in [1.165, 1.54) is 5.56 Å². The van der Waals surface area contributed by atoms with Crippen LogP contribution >= 0.6 is 0 Å². The third kappa shape index (κ3) is 1.76. The zero-order valence-electron chi connectivity index (χ0n) is 10.1. The predicted octanol–water partition coefficient (Wildman–Crippen LogP) is 2.19. The molecule has 1 aliphatic heterocycles. The Morgan fingerprint density at radius 2 is 1.94 bits per heavy atom. The topological polar surface area (TPSA) is 23.5 Å². The Bertz CT molecular complexity index is 355. The Morgan fingerprint density at radius 3 is 2.38 bits per heavy atom. The monoisotopic (exact) mass is 218 g/mol. The lowest BCUT2D eigenvalue weighted by Gasteiger charge is -2.42. The first-order chi connectivity index (χ1) is 7.46. The fourth-order valence-corrected chi connectivity index (χ4v) is 2.73. The van der Waals surface area contributed by atoms with E-state index < -0.39 is 5.60 Å². The number of aliphatic hydroxyl groups is 1. The van der Waals surface area contributed by atoms with Crippen molar-refractivity contribution in [2.75, 3.05) is 13.1 Å². The van der Waals surface area contributed by atoms with Crippen molar-refractivity contribution in [1.29, 1.82) is 0 Å². The third-order valence-corrected chi connectivity index (χ3v) is 3.85. The van der Waals surface area contributed by atoms with Crippen molar-refractivity contribution < 1.29 is 5.11 Å². The maximum absolute atomic E-state index is 10.5. The zero-order chi connectivity index (χ0) is 11.8. The van der Waals surface area contributed by atoms with Crippen molar-refractivity contribution in [2.45, 2.75) is 31.3 Å². The molecule has 1 aliphatic rings. The summed E-state index contributed by atoms with van der Waals surface area (Å²) in [6, 6.07) is 10.3. The standard InChI is InChI=1S/C14H20NO/c1-13(2,16)14(9-10-15(3)11-14)12-7-5-4-6-8-12/h4-8,16H,3,9-11H2,1-2H3/q-1. The number of hydrogen-bond acceptors (Lipinski definition) is 2.